The third-order valence-electron chi connectivity index (χ3n) is 3.51. The maximum absolute atomic E-state index is 11.4. The van der Waals surface area contributed by atoms with Gasteiger partial charge in [-0.05, 0) is 39.5 Å². The average Bonchev–Trinajstić information content (AvgIpc) is 2.60. The van der Waals surface area contributed by atoms with E-state index < -0.39 is 0 Å². The minimum absolute atomic E-state index is 0.0181. The van der Waals surface area contributed by atoms with Gasteiger partial charge in [0.05, 0.1) is 12.5 Å². The van der Waals surface area contributed by atoms with Crippen LogP contribution in [0, 0.1) is 11.8 Å². The number of carbonyl (C=O) groups is 1. The van der Waals surface area contributed by atoms with Gasteiger partial charge in [0, 0.05) is 5.92 Å². The van der Waals surface area contributed by atoms with E-state index in [0.29, 0.717) is 12.5 Å². The summed E-state index contributed by atoms with van der Waals surface area (Å²) in [5, 5.41) is 0. The molecule has 2 heteroatoms. The molecule has 2 aliphatic rings. The number of carbonyl (C=O) groups excluding carboxylic acids is 1. The lowest BCUT2D eigenvalue weighted by molar-refractivity contribution is -0.141. The van der Waals surface area contributed by atoms with E-state index in [-0.39, 0.29) is 11.9 Å². The predicted octanol–water partition coefficient (Wildman–Crippen LogP) is 3.24. The van der Waals surface area contributed by atoms with Crippen LogP contribution in [0.2, 0.25) is 0 Å². The normalized spacial score (nSPS) is 28.1. The first-order valence-corrected chi connectivity index (χ1v) is 6.14. The highest BCUT2D eigenvalue weighted by molar-refractivity contribution is 5.75. The Labute approximate surface area is 97.4 Å². The Bertz CT molecular complexity index is 335. The van der Waals surface area contributed by atoms with Crippen LogP contribution in [-0.4, -0.2) is 12.6 Å². The van der Waals surface area contributed by atoms with Crippen molar-refractivity contribution < 1.29 is 9.53 Å². The third kappa shape index (κ3) is 2.55. The molecule has 2 rings (SSSR count). The highest BCUT2D eigenvalue weighted by Gasteiger charge is 2.38. The Morgan fingerprint density at radius 3 is 3.12 bits per heavy atom. The zero-order chi connectivity index (χ0) is 11.5. The average molecular weight is 220 g/mol. The molecule has 2 nitrogen and oxygen atoms in total. The van der Waals surface area contributed by atoms with Gasteiger partial charge in [-0.2, -0.15) is 0 Å². The number of rotatable bonds is 3. The number of hydrogen-bond acceptors (Lipinski definition) is 2. The summed E-state index contributed by atoms with van der Waals surface area (Å²) >= 11 is 0. The van der Waals surface area contributed by atoms with Crippen molar-refractivity contribution in [2.45, 2.75) is 39.5 Å². The molecular weight excluding hydrogens is 200 g/mol. The fraction of sp³-hybridized carbons (Fsp3) is 0.643. The van der Waals surface area contributed by atoms with Gasteiger partial charge in [-0.1, -0.05) is 23.3 Å². The molecule has 0 aromatic carbocycles. The van der Waals surface area contributed by atoms with E-state index in [4.69, 9.17) is 4.74 Å². The summed E-state index contributed by atoms with van der Waals surface area (Å²) < 4.78 is 5.11. The lowest BCUT2D eigenvalue weighted by Crippen LogP contribution is -2.19. The van der Waals surface area contributed by atoms with Gasteiger partial charge >= 0.3 is 5.97 Å². The van der Waals surface area contributed by atoms with Crippen LogP contribution in [0.3, 0.4) is 0 Å². The van der Waals surface area contributed by atoms with Crippen LogP contribution in [-0.2, 0) is 9.53 Å². The molecule has 2 atom stereocenters. The molecule has 16 heavy (non-hydrogen) atoms. The van der Waals surface area contributed by atoms with Crippen molar-refractivity contribution in [1.29, 1.82) is 0 Å². The van der Waals surface area contributed by atoms with E-state index in [9.17, 15) is 4.79 Å². The highest BCUT2D eigenvalue weighted by Crippen LogP contribution is 2.36. The van der Waals surface area contributed by atoms with Crippen molar-refractivity contribution >= 4 is 5.97 Å². The fourth-order valence-corrected chi connectivity index (χ4v) is 2.56. The number of hydrogen-bond donors (Lipinski definition) is 0. The quantitative estimate of drug-likeness (QED) is 0.539. The maximum Gasteiger partial charge on any atom is 0.309 e. The van der Waals surface area contributed by atoms with E-state index in [1.165, 1.54) is 11.1 Å². The molecule has 1 heterocycles. The van der Waals surface area contributed by atoms with Gasteiger partial charge in [0.2, 0.25) is 0 Å². The summed E-state index contributed by atoms with van der Waals surface area (Å²) in [5.74, 6) is 0.635. The summed E-state index contributed by atoms with van der Waals surface area (Å²) in [4.78, 5) is 11.4. The molecule has 0 radical (unpaired) electrons. The van der Waals surface area contributed by atoms with Gasteiger partial charge in [-0.15, -0.1) is 0 Å². The molecule has 0 saturated carbocycles. The van der Waals surface area contributed by atoms with Crippen molar-refractivity contribution in [3.05, 3.63) is 23.3 Å². The molecule has 2 unspecified atom stereocenters. The van der Waals surface area contributed by atoms with Crippen molar-refractivity contribution in [3.8, 4) is 0 Å². The van der Waals surface area contributed by atoms with Gasteiger partial charge in [-0.25, -0.2) is 0 Å². The van der Waals surface area contributed by atoms with Crippen molar-refractivity contribution in [3.63, 3.8) is 0 Å². The second-order valence-electron chi connectivity index (χ2n) is 5.12. The van der Waals surface area contributed by atoms with E-state index >= 15 is 0 Å². The van der Waals surface area contributed by atoms with Crippen molar-refractivity contribution in [2.75, 3.05) is 6.61 Å². The van der Waals surface area contributed by atoms with E-state index in [1.807, 2.05) is 0 Å². The third-order valence-corrected chi connectivity index (χ3v) is 3.51. The van der Waals surface area contributed by atoms with Crippen LogP contribution in [0.15, 0.2) is 23.3 Å². The van der Waals surface area contributed by atoms with Gasteiger partial charge in [0.15, 0.2) is 0 Å². The molecular formula is C14H20O2. The predicted molar refractivity (Wildman–Crippen MR) is 63.9 cm³/mol. The number of fused-ring (bicyclic) bond motifs is 1. The molecule has 1 saturated heterocycles. The van der Waals surface area contributed by atoms with Gasteiger partial charge in [0.1, 0.15) is 0 Å². The molecule has 0 spiro atoms. The summed E-state index contributed by atoms with van der Waals surface area (Å²) in [5.41, 5.74) is 2.89. The summed E-state index contributed by atoms with van der Waals surface area (Å²) in [6.45, 7) is 4.91. The Balaban J connectivity index is 1.87. The van der Waals surface area contributed by atoms with E-state index in [0.717, 1.165) is 25.7 Å². The molecule has 0 N–H and O–H groups in total. The van der Waals surface area contributed by atoms with Crippen LogP contribution in [0.25, 0.3) is 0 Å². The Morgan fingerprint density at radius 1 is 1.56 bits per heavy atom. The minimum Gasteiger partial charge on any atom is -0.465 e. The second-order valence-corrected chi connectivity index (χ2v) is 5.12. The Kier molecular flexibility index (Phi) is 3.47. The number of ether oxygens (including phenoxy) is 1. The Hall–Kier alpha value is -1.05. The molecule has 88 valence electrons. The molecule has 0 amide bonds. The standard InChI is InChI=1S/C14H20O2/c1-10(2)4-3-5-11-6-7-13-12(8-11)9-16-14(13)15/h4,6,12-13H,3,5,7-9H2,1-2H3. The van der Waals surface area contributed by atoms with E-state index in [2.05, 4.69) is 26.0 Å². The smallest absolute Gasteiger partial charge is 0.309 e. The summed E-state index contributed by atoms with van der Waals surface area (Å²) in [6, 6.07) is 0. The SMILES string of the molecule is CC(C)=CCCC1=CCC2C(=O)OCC2C1. The first-order valence-electron chi connectivity index (χ1n) is 6.14. The zero-order valence-corrected chi connectivity index (χ0v) is 10.2. The van der Waals surface area contributed by atoms with Gasteiger partial charge < -0.3 is 4.74 Å². The lowest BCUT2D eigenvalue weighted by Gasteiger charge is -2.21. The lowest BCUT2D eigenvalue weighted by atomic mass is 9.80. The summed E-state index contributed by atoms with van der Waals surface area (Å²) in [6.07, 6.45) is 8.76. The number of esters is 1. The van der Waals surface area contributed by atoms with Crippen LogP contribution in [0.4, 0.5) is 0 Å². The monoisotopic (exact) mass is 220 g/mol. The van der Waals surface area contributed by atoms with Gasteiger partial charge in [0.25, 0.3) is 0 Å². The second kappa shape index (κ2) is 4.86. The van der Waals surface area contributed by atoms with Crippen LogP contribution < -0.4 is 0 Å². The Morgan fingerprint density at radius 2 is 2.38 bits per heavy atom. The number of cyclic esters (lactones) is 1. The van der Waals surface area contributed by atoms with Crippen LogP contribution in [0.1, 0.15) is 39.5 Å². The number of allylic oxidation sites excluding steroid dienone is 4. The highest BCUT2D eigenvalue weighted by atomic mass is 16.5. The molecule has 1 aliphatic heterocycles. The first kappa shape index (κ1) is 11.4. The maximum atomic E-state index is 11.4. The van der Waals surface area contributed by atoms with Crippen molar-refractivity contribution in [1.82, 2.24) is 0 Å². The zero-order valence-electron chi connectivity index (χ0n) is 10.2. The molecule has 0 aromatic rings. The molecule has 0 bridgehead atoms. The van der Waals surface area contributed by atoms with Crippen LogP contribution in [0.5, 0.6) is 0 Å². The van der Waals surface area contributed by atoms with Gasteiger partial charge in [-0.3, -0.25) is 4.79 Å². The fourth-order valence-electron chi connectivity index (χ4n) is 2.56. The molecule has 1 aliphatic carbocycles. The first-order chi connectivity index (χ1) is 7.66. The molecule has 1 fully saturated rings. The summed E-state index contributed by atoms with van der Waals surface area (Å²) in [7, 11) is 0. The topological polar surface area (TPSA) is 26.3 Å². The van der Waals surface area contributed by atoms with Crippen molar-refractivity contribution in [2.24, 2.45) is 11.8 Å². The van der Waals surface area contributed by atoms with Crippen LogP contribution >= 0.6 is 0 Å². The molecule has 0 aromatic heterocycles. The largest absolute Gasteiger partial charge is 0.465 e. The minimum atomic E-state index is 0.0181. The van der Waals surface area contributed by atoms with E-state index in [1.54, 1.807) is 0 Å².